The molecule has 12 heteroatoms. The topological polar surface area (TPSA) is 52.6 Å². The number of benzene rings is 1. The highest BCUT2D eigenvalue weighted by atomic mass is 79.9. The van der Waals surface area contributed by atoms with Crippen LogP contribution in [0.1, 0.15) is 0 Å². The molecule has 4 nitrogen and oxygen atoms in total. The first-order chi connectivity index (χ1) is 8.82. The van der Waals surface area contributed by atoms with Crippen LogP contribution in [0.3, 0.4) is 0 Å². The van der Waals surface area contributed by atoms with Crippen molar-refractivity contribution >= 4 is 26.0 Å². The van der Waals surface area contributed by atoms with Crippen LogP contribution >= 0.6 is 15.9 Å². The van der Waals surface area contributed by atoms with Gasteiger partial charge in [-0.05, 0) is 28.1 Å². The van der Waals surface area contributed by atoms with Crippen molar-refractivity contribution in [1.82, 2.24) is 0 Å². The van der Waals surface area contributed by atoms with Gasteiger partial charge in [0, 0.05) is 6.07 Å². The first kappa shape index (κ1) is 16.9. The van der Waals surface area contributed by atoms with E-state index in [0.717, 1.165) is 12.1 Å². The van der Waals surface area contributed by atoms with E-state index in [4.69, 9.17) is 0 Å². The summed E-state index contributed by atoms with van der Waals surface area (Å²) < 4.78 is 100. The Morgan fingerprint density at radius 2 is 1.60 bits per heavy atom. The van der Waals surface area contributed by atoms with Crippen LogP contribution in [-0.4, -0.2) is 20.3 Å². The van der Waals surface area contributed by atoms with E-state index in [2.05, 4.69) is 24.8 Å². The second-order valence-electron chi connectivity index (χ2n) is 3.12. The Kier molecular flexibility index (Phi) is 4.49. The third kappa shape index (κ3) is 4.44. The highest BCUT2D eigenvalue weighted by Gasteiger charge is 2.48. The Morgan fingerprint density at radius 1 is 1.05 bits per heavy atom. The minimum atomic E-state index is -6.00. The SMILES string of the molecule is O=S(=O)(Oc1cc(OC(F)(F)F)ccc1Br)C(F)(F)F. The molecule has 0 aliphatic rings. The first-order valence-corrected chi connectivity index (χ1v) is 6.58. The number of alkyl halides is 6. The van der Waals surface area contributed by atoms with Gasteiger partial charge in [-0.2, -0.15) is 21.6 Å². The van der Waals surface area contributed by atoms with Gasteiger partial charge < -0.3 is 8.92 Å². The minimum Gasteiger partial charge on any atom is -0.406 e. The van der Waals surface area contributed by atoms with Gasteiger partial charge in [-0.1, -0.05) is 0 Å². The van der Waals surface area contributed by atoms with Crippen molar-refractivity contribution in [3.63, 3.8) is 0 Å². The summed E-state index contributed by atoms with van der Waals surface area (Å²) in [5.74, 6) is -1.93. The van der Waals surface area contributed by atoms with E-state index < -0.39 is 33.5 Å². The molecule has 0 aliphatic carbocycles. The smallest absolute Gasteiger partial charge is 0.406 e. The fourth-order valence-corrected chi connectivity index (χ4v) is 1.81. The molecule has 1 aromatic rings. The van der Waals surface area contributed by atoms with E-state index in [1.807, 2.05) is 0 Å². The van der Waals surface area contributed by atoms with E-state index in [1.165, 1.54) is 0 Å². The lowest BCUT2D eigenvalue weighted by atomic mass is 10.3. The average Bonchev–Trinajstić information content (AvgIpc) is 2.18. The Hall–Kier alpha value is -1.17. The Morgan fingerprint density at radius 3 is 2.05 bits per heavy atom. The van der Waals surface area contributed by atoms with Gasteiger partial charge >= 0.3 is 22.0 Å². The first-order valence-electron chi connectivity index (χ1n) is 4.38. The van der Waals surface area contributed by atoms with E-state index in [1.54, 1.807) is 0 Å². The summed E-state index contributed by atoms with van der Waals surface area (Å²) in [6, 6.07) is 1.94. The van der Waals surface area contributed by atoms with Crippen molar-refractivity contribution in [1.29, 1.82) is 0 Å². The molecular formula is C8H3BrF6O4S. The molecule has 20 heavy (non-hydrogen) atoms. The van der Waals surface area contributed by atoms with Crippen molar-refractivity contribution in [3.8, 4) is 11.5 Å². The van der Waals surface area contributed by atoms with Crippen LogP contribution in [0.25, 0.3) is 0 Å². The van der Waals surface area contributed by atoms with Crippen molar-refractivity contribution in [3.05, 3.63) is 22.7 Å². The zero-order valence-corrected chi connectivity index (χ0v) is 11.3. The molecule has 0 bridgehead atoms. The molecule has 0 fully saturated rings. The van der Waals surface area contributed by atoms with Crippen LogP contribution < -0.4 is 8.92 Å². The number of ether oxygens (including phenoxy) is 1. The summed E-state index contributed by atoms with van der Waals surface area (Å²) in [6.07, 6.45) is -5.09. The Balaban J connectivity index is 3.11. The number of halogens is 7. The third-order valence-corrected chi connectivity index (χ3v) is 3.24. The monoisotopic (exact) mass is 388 g/mol. The average molecular weight is 389 g/mol. The molecule has 1 rings (SSSR count). The molecule has 1 aromatic carbocycles. The van der Waals surface area contributed by atoms with Gasteiger partial charge in [-0.3, -0.25) is 0 Å². The maximum atomic E-state index is 12.1. The number of hydrogen-bond donors (Lipinski definition) is 0. The minimum absolute atomic E-state index is 0.306. The molecule has 0 heterocycles. The van der Waals surface area contributed by atoms with E-state index in [0.29, 0.717) is 6.07 Å². The van der Waals surface area contributed by atoms with Crippen molar-refractivity contribution in [2.75, 3.05) is 0 Å². The van der Waals surface area contributed by atoms with E-state index >= 15 is 0 Å². The van der Waals surface area contributed by atoms with Gasteiger partial charge in [0.2, 0.25) is 0 Å². The van der Waals surface area contributed by atoms with Crippen LogP contribution in [-0.2, 0) is 10.1 Å². The third-order valence-electron chi connectivity index (χ3n) is 1.62. The molecule has 0 saturated heterocycles. The maximum Gasteiger partial charge on any atom is 0.573 e. The molecule has 0 aromatic heterocycles. The quantitative estimate of drug-likeness (QED) is 0.451. The van der Waals surface area contributed by atoms with Crippen molar-refractivity contribution in [2.24, 2.45) is 0 Å². The van der Waals surface area contributed by atoms with E-state index in [-0.39, 0.29) is 4.47 Å². The van der Waals surface area contributed by atoms with E-state index in [9.17, 15) is 34.8 Å². The van der Waals surface area contributed by atoms with Crippen molar-refractivity contribution in [2.45, 2.75) is 11.9 Å². The second-order valence-corrected chi connectivity index (χ2v) is 5.52. The number of hydrogen-bond acceptors (Lipinski definition) is 4. The maximum absolute atomic E-state index is 12.1. The second kappa shape index (κ2) is 5.31. The van der Waals surface area contributed by atoms with Gasteiger partial charge in [0.1, 0.15) is 5.75 Å². The molecule has 0 atom stereocenters. The van der Waals surface area contributed by atoms with Crippen LogP contribution in [0.4, 0.5) is 26.3 Å². The van der Waals surface area contributed by atoms with Crippen LogP contribution in [0.2, 0.25) is 0 Å². The molecule has 0 radical (unpaired) electrons. The van der Waals surface area contributed by atoms with Gasteiger partial charge in [-0.25, -0.2) is 0 Å². The van der Waals surface area contributed by atoms with Gasteiger partial charge in [0.15, 0.2) is 5.75 Å². The summed E-state index contributed by atoms with van der Waals surface area (Å²) in [7, 11) is -6.00. The normalized spacial score (nSPS) is 13.2. The zero-order chi connectivity index (χ0) is 15.8. The summed E-state index contributed by atoms with van der Waals surface area (Å²) in [4.78, 5) is 0. The fraction of sp³-hybridized carbons (Fsp3) is 0.250. The summed E-state index contributed by atoms with van der Waals surface area (Å²) in [5, 5.41) is 0. The molecule has 0 aliphatic heterocycles. The number of rotatable bonds is 3. The lowest BCUT2D eigenvalue weighted by Crippen LogP contribution is -2.28. The van der Waals surface area contributed by atoms with Gasteiger partial charge in [0.05, 0.1) is 4.47 Å². The molecule has 0 saturated carbocycles. The Bertz CT molecular complexity index is 594. The molecular weight excluding hydrogens is 386 g/mol. The van der Waals surface area contributed by atoms with Crippen molar-refractivity contribution < 1.29 is 43.7 Å². The summed E-state index contributed by atoms with van der Waals surface area (Å²) in [6.45, 7) is 0. The summed E-state index contributed by atoms with van der Waals surface area (Å²) in [5.41, 5.74) is -5.71. The molecule has 0 unspecified atom stereocenters. The predicted molar refractivity (Wildman–Crippen MR) is 56.4 cm³/mol. The standard InChI is InChI=1S/C8H3BrF6O4S/c9-5-2-1-4(18-7(10,11)12)3-6(5)19-20(16,17)8(13,14)15/h1-3H. The van der Waals surface area contributed by atoms with Crippen LogP contribution in [0.5, 0.6) is 11.5 Å². The largest absolute Gasteiger partial charge is 0.573 e. The molecule has 0 spiro atoms. The lowest BCUT2D eigenvalue weighted by molar-refractivity contribution is -0.274. The predicted octanol–water partition coefficient (Wildman–Crippen LogP) is 3.58. The highest BCUT2D eigenvalue weighted by molar-refractivity contribution is 9.10. The molecule has 114 valence electrons. The zero-order valence-electron chi connectivity index (χ0n) is 8.92. The van der Waals surface area contributed by atoms with Gasteiger partial charge in [-0.15, -0.1) is 13.2 Å². The van der Waals surface area contributed by atoms with Gasteiger partial charge in [0.25, 0.3) is 0 Å². The summed E-state index contributed by atoms with van der Waals surface area (Å²) >= 11 is 2.64. The highest BCUT2D eigenvalue weighted by Crippen LogP contribution is 2.35. The lowest BCUT2D eigenvalue weighted by Gasteiger charge is -2.13. The van der Waals surface area contributed by atoms with Crippen LogP contribution in [0.15, 0.2) is 22.7 Å². The molecule has 0 N–H and O–H groups in total. The Labute approximate surface area is 116 Å². The molecule has 0 amide bonds. The fourth-order valence-electron chi connectivity index (χ4n) is 0.910. The van der Waals surface area contributed by atoms with Crippen LogP contribution in [0, 0.1) is 0 Å².